The van der Waals surface area contributed by atoms with E-state index in [-0.39, 0.29) is 17.9 Å². The maximum atomic E-state index is 6.26. The van der Waals surface area contributed by atoms with Crippen LogP contribution < -0.4 is 5.73 Å². The van der Waals surface area contributed by atoms with Crippen LogP contribution in [0, 0.1) is 5.92 Å². The summed E-state index contributed by atoms with van der Waals surface area (Å²) in [5.41, 5.74) is 6.30. The first-order chi connectivity index (χ1) is 8.04. The molecule has 0 rings (SSSR count). The van der Waals surface area contributed by atoms with Crippen molar-refractivity contribution in [2.24, 2.45) is 11.7 Å². The Kier molecular flexibility index (Phi) is 14.0. The van der Waals surface area contributed by atoms with Gasteiger partial charge in [0.1, 0.15) is 0 Å². The summed E-state index contributed by atoms with van der Waals surface area (Å²) >= 11 is 0. The molecule has 0 aromatic rings. The fraction of sp³-hybridized carbons (Fsp3) is 1.00. The molecule has 0 aliphatic rings. The molecule has 0 amide bonds. The summed E-state index contributed by atoms with van der Waals surface area (Å²) in [6.07, 6.45) is 13.6. The van der Waals surface area contributed by atoms with Crippen LogP contribution in [0.25, 0.3) is 0 Å². The Morgan fingerprint density at radius 1 is 0.889 bits per heavy atom. The van der Waals surface area contributed by atoms with E-state index in [1.54, 1.807) is 0 Å². The molecular formula is C16H36ClN. The van der Waals surface area contributed by atoms with Gasteiger partial charge >= 0.3 is 0 Å². The molecule has 0 spiro atoms. The number of nitrogens with two attached hydrogens (primary N) is 1. The Bertz CT molecular complexity index is 168. The van der Waals surface area contributed by atoms with Crippen LogP contribution in [-0.2, 0) is 0 Å². The molecular weight excluding hydrogens is 242 g/mol. The Morgan fingerprint density at radius 2 is 1.33 bits per heavy atom. The van der Waals surface area contributed by atoms with Gasteiger partial charge in [0, 0.05) is 5.54 Å². The Hall–Kier alpha value is 0.250. The molecule has 0 saturated heterocycles. The molecule has 0 aromatic heterocycles. The van der Waals surface area contributed by atoms with E-state index in [0.29, 0.717) is 5.92 Å². The molecule has 0 fully saturated rings. The second kappa shape index (κ2) is 12.3. The standard InChI is InChI=1S/C16H35N.ClH/c1-5-7-8-9-10-11-12-13-14-15(3)16(4,17)6-2;/h15H,5-14,17H2,1-4H3;1H. The van der Waals surface area contributed by atoms with Gasteiger partial charge in [0.15, 0.2) is 0 Å². The van der Waals surface area contributed by atoms with Crippen LogP contribution in [0.3, 0.4) is 0 Å². The fourth-order valence-corrected chi connectivity index (χ4v) is 2.26. The molecule has 0 aliphatic carbocycles. The van der Waals surface area contributed by atoms with E-state index < -0.39 is 0 Å². The van der Waals surface area contributed by atoms with Crippen molar-refractivity contribution in [1.29, 1.82) is 0 Å². The Morgan fingerprint density at radius 3 is 1.78 bits per heavy atom. The van der Waals surface area contributed by atoms with Crippen LogP contribution in [0.5, 0.6) is 0 Å². The molecule has 0 aromatic carbocycles. The van der Waals surface area contributed by atoms with E-state index >= 15 is 0 Å². The lowest BCUT2D eigenvalue weighted by atomic mass is 9.82. The molecule has 0 aliphatic heterocycles. The minimum absolute atomic E-state index is 0. The molecule has 0 saturated carbocycles. The predicted octanol–water partition coefficient (Wildman–Crippen LogP) is 5.70. The number of rotatable bonds is 11. The third-order valence-corrected chi connectivity index (χ3v) is 4.38. The van der Waals surface area contributed by atoms with Crippen molar-refractivity contribution >= 4 is 12.4 Å². The lowest BCUT2D eigenvalue weighted by Crippen LogP contribution is -2.42. The molecule has 0 heterocycles. The molecule has 0 bridgehead atoms. The highest BCUT2D eigenvalue weighted by Crippen LogP contribution is 2.23. The van der Waals surface area contributed by atoms with Crippen molar-refractivity contribution in [3.8, 4) is 0 Å². The Labute approximate surface area is 122 Å². The highest BCUT2D eigenvalue weighted by molar-refractivity contribution is 5.85. The van der Waals surface area contributed by atoms with Crippen molar-refractivity contribution in [3.63, 3.8) is 0 Å². The smallest absolute Gasteiger partial charge is 0.0149 e. The van der Waals surface area contributed by atoms with Crippen molar-refractivity contribution in [1.82, 2.24) is 0 Å². The summed E-state index contributed by atoms with van der Waals surface area (Å²) in [7, 11) is 0. The highest BCUT2D eigenvalue weighted by atomic mass is 35.5. The molecule has 1 nitrogen and oxygen atoms in total. The van der Waals surface area contributed by atoms with Gasteiger partial charge in [-0.1, -0.05) is 72.1 Å². The molecule has 2 N–H and O–H groups in total. The van der Waals surface area contributed by atoms with E-state index in [4.69, 9.17) is 5.73 Å². The van der Waals surface area contributed by atoms with E-state index in [1.165, 1.54) is 57.8 Å². The van der Waals surface area contributed by atoms with Gasteiger partial charge in [-0.25, -0.2) is 0 Å². The molecule has 18 heavy (non-hydrogen) atoms. The van der Waals surface area contributed by atoms with E-state index in [2.05, 4.69) is 27.7 Å². The third kappa shape index (κ3) is 10.2. The van der Waals surface area contributed by atoms with Crippen LogP contribution >= 0.6 is 12.4 Å². The van der Waals surface area contributed by atoms with Crippen LogP contribution in [0.15, 0.2) is 0 Å². The van der Waals surface area contributed by atoms with E-state index in [0.717, 1.165) is 6.42 Å². The maximum absolute atomic E-state index is 6.26. The summed E-state index contributed by atoms with van der Waals surface area (Å²) in [5, 5.41) is 0. The van der Waals surface area contributed by atoms with Crippen molar-refractivity contribution in [3.05, 3.63) is 0 Å². The molecule has 0 radical (unpaired) electrons. The lowest BCUT2D eigenvalue weighted by molar-refractivity contribution is 0.282. The first-order valence-corrected chi connectivity index (χ1v) is 7.83. The van der Waals surface area contributed by atoms with Crippen LogP contribution in [0.1, 0.15) is 91.9 Å². The number of hydrogen-bond acceptors (Lipinski definition) is 1. The summed E-state index contributed by atoms with van der Waals surface area (Å²) < 4.78 is 0. The van der Waals surface area contributed by atoms with Crippen molar-refractivity contribution in [2.75, 3.05) is 0 Å². The van der Waals surface area contributed by atoms with E-state index in [1.807, 2.05) is 0 Å². The first kappa shape index (κ1) is 20.6. The second-order valence-corrected chi connectivity index (χ2v) is 6.02. The minimum atomic E-state index is 0. The number of unbranched alkanes of at least 4 members (excludes halogenated alkanes) is 7. The quantitative estimate of drug-likeness (QED) is 0.482. The van der Waals surface area contributed by atoms with Gasteiger partial charge in [-0.3, -0.25) is 0 Å². The largest absolute Gasteiger partial charge is 0.325 e. The van der Waals surface area contributed by atoms with Gasteiger partial charge in [-0.2, -0.15) is 0 Å². The monoisotopic (exact) mass is 277 g/mol. The zero-order chi connectivity index (χ0) is 13.1. The number of hydrogen-bond donors (Lipinski definition) is 1. The molecule has 2 unspecified atom stereocenters. The number of halogens is 1. The zero-order valence-electron chi connectivity index (χ0n) is 13.1. The van der Waals surface area contributed by atoms with Gasteiger partial charge in [-0.15, -0.1) is 12.4 Å². The first-order valence-electron chi connectivity index (χ1n) is 7.83. The topological polar surface area (TPSA) is 26.0 Å². The minimum Gasteiger partial charge on any atom is -0.325 e. The second-order valence-electron chi connectivity index (χ2n) is 6.02. The van der Waals surface area contributed by atoms with Gasteiger partial charge in [-0.05, 0) is 25.7 Å². The van der Waals surface area contributed by atoms with Crippen molar-refractivity contribution < 1.29 is 0 Å². The fourth-order valence-electron chi connectivity index (χ4n) is 2.26. The molecule has 2 atom stereocenters. The average Bonchev–Trinajstić information content (AvgIpc) is 2.32. The van der Waals surface area contributed by atoms with Crippen LogP contribution in [0.2, 0.25) is 0 Å². The molecule has 112 valence electrons. The average molecular weight is 278 g/mol. The lowest BCUT2D eigenvalue weighted by Gasteiger charge is -2.30. The predicted molar refractivity (Wildman–Crippen MR) is 86.5 cm³/mol. The summed E-state index contributed by atoms with van der Waals surface area (Å²) in [6, 6.07) is 0. The normalized spacial score (nSPS) is 15.8. The van der Waals surface area contributed by atoms with Crippen molar-refractivity contribution in [2.45, 2.75) is 97.4 Å². The van der Waals surface area contributed by atoms with E-state index in [9.17, 15) is 0 Å². The third-order valence-electron chi connectivity index (χ3n) is 4.38. The molecule has 2 heteroatoms. The summed E-state index contributed by atoms with van der Waals surface area (Å²) in [6.45, 7) is 8.98. The van der Waals surface area contributed by atoms with Gasteiger partial charge in [0.25, 0.3) is 0 Å². The van der Waals surface area contributed by atoms with Crippen LogP contribution in [0.4, 0.5) is 0 Å². The van der Waals surface area contributed by atoms with Gasteiger partial charge < -0.3 is 5.73 Å². The maximum Gasteiger partial charge on any atom is 0.0149 e. The van der Waals surface area contributed by atoms with Gasteiger partial charge in [0.2, 0.25) is 0 Å². The Balaban J connectivity index is 0. The summed E-state index contributed by atoms with van der Waals surface area (Å²) in [4.78, 5) is 0. The van der Waals surface area contributed by atoms with Crippen LogP contribution in [-0.4, -0.2) is 5.54 Å². The highest BCUT2D eigenvalue weighted by Gasteiger charge is 2.23. The SMILES string of the molecule is CCCCCCCCCCC(C)C(C)(N)CC.Cl. The zero-order valence-corrected chi connectivity index (χ0v) is 14.0. The van der Waals surface area contributed by atoms with Gasteiger partial charge in [0.05, 0.1) is 0 Å². The summed E-state index contributed by atoms with van der Waals surface area (Å²) in [5.74, 6) is 0.660.